The van der Waals surface area contributed by atoms with Gasteiger partial charge in [0.15, 0.2) is 0 Å². The molecular weight excluding hydrogens is 309 g/mol. The number of aliphatic carboxylic acids is 1. The molecule has 0 bridgehead atoms. The largest absolute Gasteiger partial charge is 0.496 e. The van der Waals surface area contributed by atoms with Gasteiger partial charge in [-0.05, 0) is 29.6 Å². The lowest BCUT2D eigenvalue weighted by Crippen LogP contribution is -2.29. The predicted octanol–water partition coefficient (Wildman–Crippen LogP) is 0.694. The smallest absolute Gasteiger partial charge is 0.388 e. The van der Waals surface area contributed by atoms with Crippen LogP contribution in [0.5, 0.6) is 5.75 Å². The second-order valence-corrected chi connectivity index (χ2v) is 7.10. The van der Waals surface area contributed by atoms with E-state index >= 15 is 0 Å². The molecular formula is C10H12NO7PS. The van der Waals surface area contributed by atoms with Crippen LogP contribution in [0, 0.1) is 0 Å². The summed E-state index contributed by atoms with van der Waals surface area (Å²) in [6, 6.07) is 3.95. The van der Waals surface area contributed by atoms with Gasteiger partial charge in [0.25, 0.3) is 5.91 Å². The molecule has 10 heteroatoms. The number of carboxylic acid groups (broad SMARTS) is 1. The van der Waals surface area contributed by atoms with Gasteiger partial charge in [0.1, 0.15) is 12.3 Å². The van der Waals surface area contributed by atoms with E-state index in [1.54, 1.807) is 0 Å². The Hall–Kier alpha value is -1.54. The van der Waals surface area contributed by atoms with Gasteiger partial charge in [0.05, 0.1) is 12.0 Å². The number of carbonyl (C=O) groups excluding carboxylic acids is 1. The number of carboxylic acids is 1. The van der Waals surface area contributed by atoms with Crippen molar-refractivity contribution in [3.05, 3.63) is 23.8 Å². The number of hydrogen-bond donors (Lipinski definition) is 4. The molecule has 0 aliphatic rings. The molecule has 0 spiro atoms. The summed E-state index contributed by atoms with van der Waals surface area (Å²) in [5.74, 6) is -1.66. The van der Waals surface area contributed by atoms with Crippen LogP contribution in [0.4, 0.5) is 0 Å². The molecule has 1 rings (SSSR count). The maximum Gasteiger partial charge on any atom is 0.388 e. The van der Waals surface area contributed by atoms with Gasteiger partial charge >= 0.3 is 12.8 Å². The van der Waals surface area contributed by atoms with Crippen molar-refractivity contribution in [2.24, 2.45) is 0 Å². The maximum absolute atomic E-state index is 11.6. The molecule has 0 aliphatic carbocycles. The van der Waals surface area contributed by atoms with E-state index in [1.165, 1.54) is 25.3 Å². The Bertz CT molecular complexity index is 571. The Kier molecular flexibility index (Phi) is 5.58. The number of benzene rings is 1. The fraction of sp³-hybridized carbons (Fsp3) is 0.200. The zero-order chi connectivity index (χ0) is 15.3. The number of amides is 1. The predicted molar refractivity (Wildman–Crippen MR) is 70.9 cm³/mol. The molecule has 0 heterocycles. The highest BCUT2D eigenvalue weighted by Gasteiger charge is 2.20. The van der Waals surface area contributed by atoms with Crippen molar-refractivity contribution in [1.82, 2.24) is 5.32 Å². The van der Waals surface area contributed by atoms with Crippen LogP contribution in [0.1, 0.15) is 10.4 Å². The number of ether oxygens (including phenoxy) is 1. The summed E-state index contributed by atoms with van der Waals surface area (Å²) >= 11 is 0.253. The van der Waals surface area contributed by atoms with Crippen molar-refractivity contribution < 1.29 is 33.8 Å². The second kappa shape index (κ2) is 6.76. The van der Waals surface area contributed by atoms with Gasteiger partial charge in [-0.2, -0.15) is 0 Å². The molecule has 8 nitrogen and oxygen atoms in total. The van der Waals surface area contributed by atoms with E-state index in [0.717, 1.165) is 0 Å². The summed E-state index contributed by atoms with van der Waals surface area (Å²) in [6.07, 6.45) is 0. The monoisotopic (exact) mass is 321 g/mol. The lowest BCUT2D eigenvalue weighted by atomic mass is 10.2. The Balaban J connectivity index is 3.00. The van der Waals surface area contributed by atoms with Crippen LogP contribution in [0.2, 0.25) is 0 Å². The molecule has 0 unspecified atom stereocenters. The van der Waals surface area contributed by atoms with Gasteiger partial charge in [-0.15, -0.1) is 0 Å². The highest BCUT2D eigenvalue weighted by molar-refractivity contribution is 8.54. The number of carbonyl (C=O) groups is 2. The lowest BCUT2D eigenvalue weighted by molar-refractivity contribution is -0.135. The third kappa shape index (κ3) is 5.22. The fourth-order valence-corrected chi connectivity index (χ4v) is 3.15. The molecule has 1 aromatic carbocycles. The first-order chi connectivity index (χ1) is 9.23. The zero-order valence-electron chi connectivity index (χ0n) is 10.3. The Morgan fingerprint density at radius 2 is 2.05 bits per heavy atom. The van der Waals surface area contributed by atoms with Gasteiger partial charge in [0.2, 0.25) is 0 Å². The molecule has 0 saturated heterocycles. The van der Waals surface area contributed by atoms with Crippen molar-refractivity contribution in [2.45, 2.75) is 4.90 Å². The van der Waals surface area contributed by atoms with Crippen LogP contribution in [-0.4, -0.2) is 40.4 Å². The molecule has 0 radical (unpaired) electrons. The Morgan fingerprint density at radius 3 is 2.55 bits per heavy atom. The molecule has 0 aromatic heterocycles. The standard InChI is InChI=1S/C10H12NO7PS/c1-18-7-3-2-6(10(14)11-5-9(12)13)4-8(7)20-19(15,16)17/h2-4H,5H2,1H3,(H,11,14)(H,12,13)(H2,15,16,17). The van der Waals surface area contributed by atoms with Crippen LogP contribution >= 0.6 is 18.2 Å². The summed E-state index contributed by atoms with van der Waals surface area (Å²) < 4.78 is 15.9. The topological polar surface area (TPSA) is 133 Å². The summed E-state index contributed by atoms with van der Waals surface area (Å²) in [7, 11) is 1.32. The molecule has 4 N–H and O–H groups in total. The average Bonchev–Trinajstić information content (AvgIpc) is 2.33. The van der Waals surface area contributed by atoms with E-state index in [0.29, 0.717) is 0 Å². The van der Waals surface area contributed by atoms with E-state index in [2.05, 4.69) is 5.32 Å². The summed E-state index contributed by atoms with van der Waals surface area (Å²) in [6.45, 7) is -4.95. The minimum Gasteiger partial charge on any atom is -0.496 e. The molecule has 1 amide bonds. The highest BCUT2D eigenvalue weighted by atomic mass is 32.7. The number of hydrogen-bond acceptors (Lipinski definition) is 5. The van der Waals surface area contributed by atoms with Crippen molar-refractivity contribution in [3.63, 3.8) is 0 Å². The van der Waals surface area contributed by atoms with Crippen LogP contribution in [-0.2, 0) is 9.36 Å². The average molecular weight is 321 g/mol. The van der Waals surface area contributed by atoms with E-state index in [4.69, 9.17) is 19.6 Å². The quantitative estimate of drug-likeness (QED) is 0.563. The van der Waals surface area contributed by atoms with Crippen molar-refractivity contribution >= 4 is 30.1 Å². The van der Waals surface area contributed by atoms with Gasteiger partial charge in [-0.3, -0.25) is 9.59 Å². The van der Waals surface area contributed by atoms with E-state index < -0.39 is 25.2 Å². The minimum absolute atomic E-state index is 0.0722. The zero-order valence-corrected chi connectivity index (χ0v) is 12.0. The van der Waals surface area contributed by atoms with Gasteiger partial charge < -0.3 is 24.9 Å². The maximum atomic E-state index is 11.6. The molecule has 20 heavy (non-hydrogen) atoms. The molecule has 1 aromatic rings. The third-order valence-corrected chi connectivity index (χ3v) is 4.10. The SMILES string of the molecule is COc1ccc(C(=O)NCC(=O)O)cc1SP(=O)(O)O. The normalized spacial score (nSPS) is 10.9. The van der Waals surface area contributed by atoms with Gasteiger partial charge in [0, 0.05) is 5.56 Å². The Morgan fingerprint density at radius 1 is 1.40 bits per heavy atom. The molecule has 110 valence electrons. The lowest BCUT2D eigenvalue weighted by Gasteiger charge is -2.10. The van der Waals surface area contributed by atoms with E-state index in [9.17, 15) is 14.2 Å². The first-order valence-electron chi connectivity index (χ1n) is 5.16. The first kappa shape index (κ1) is 16.5. The molecule has 0 atom stereocenters. The molecule has 0 fully saturated rings. The summed E-state index contributed by atoms with van der Waals surface area (Å²) in [5.41, 5.74) is 0.0722. The van der Waals surface area contributed by atoms with Gasteiger partial charge in [-0.25, -0.2) is 4.57 Å². The van der Waals surface area contributed by atoms with Crippen LogP contribution < -0.4 is 10.1 Å². The van der Waals surface area contributed by atoms with Crippen LogP contribution in [0.15, 0.2) is 23.1 Å². The molecule has 0 aliphatic heterocycles. The van der Waals surface area contributed by atoms with Crippen LogP contribution in [0.25, 0.3) is 0 Å². The molecule has 0 saturated carbocycles. The van der Waals surface area contributed by atoms with Crippen molar-refractivity contribution in [1.29, 1.82) is 0 Å². The summed E-state index contributed by atoms with van der Waals surface area (Å²) in [5, 5.41) is 10.6. The number of rotatable bonds is 6. The third-order valence-electron chi connectivity index (χ3n) is 2.04. The van der Waals surface area contributed by atoms with Crippen molar-refractivity contribution in [2.75, 3.05) is 13.7 Å². The van der Waals surface area contributed by atoms with E-state index in [1.807, 2.05) is 0 Å². The minimum atomic E-state index is -4.40. The second-order valence-electron chi connectivity index (χ2n) is 3.52. The fourth-order valence-electron chi connectivity index (χ4n) is 1.28. The van der Waals surface area contributed by atoms with Gasteiger partial charge in [-0.1, -0.05) is 0 Å². The van der Waals surface area contributed by atoms with Crippen molar-refractivity contribution in [3.8, 4) is 5.75 Å². The highest BCUT2D eigenvalue weighted by Crippen LogP contribution is 2.56. The summed E-state index contributed by atoms with van der Waals surface area (Å²) in [4.78, 5) is 40.0. The number of nitrogens with one attached hydrogen (secondary N) is 1. The Labute approximate surface area is 118 Å². The number of methoxy groups -OCH3 is 1. The van der Waals surface area contributed by atoms with Crippen LogP contribution in [0.3, 0.4) is 0 Å². The van der Waals surface area contributed by atoms with E-state index in [-0.39, 0.29) is 27.6 Å². The first-order valence-corrected chi connectivity index (χ1v) is 8.19.